The molecule has 1 aliphatic carbocycles. The smallest absolute Gasteiger partial charge is 0.267 e. The SMILES string of the molecule is O=c1cc2c(nn1CCC1CCCCN1)CCCCC2. The van der Waals surface area contributed by atoms with Crippen LogP contribution in [0, 0.1) is 0 Å². The number of aryl methyl sites for hydroxylation is 3. The van der Waals surface area contributed by atoms with Crippen LogP contribution in [0.25, 0.3) is 0 Å². The maximum absolute atomic E-state index is 12.2. The van der Waals surface area contributed by atoms with Crippen molar-refractivity contribution in [2.24, 2.45) is 0 Å². The molecule has 2 heterocycles. The van der Waals surface area contributed by atoms with Crippen LogP contribution in [0.15, 0.2) is 10.9 Å². The largest absolute Gasteiger partial charge is 0.314 e. The molecule has 1 N–H and O–H groups in total. The molecule has 2 aliphatic rings. The van der Waals surface area contributed by atoms with E-state index in [1.54, 1.807) is 4.68 Å². The second-order valence-corrected chi connectivity index (χ2v) is 6.17. The molecule has 1 unspecified atom stereocenters. The van der Waals surface area contributed by atoms with E-state index in [0.29, 0.717) is 6.04 Å². The maximum atomic E-state index is 12.2. The fourth-order valence-corrected chi connectivity index (χ4v) is 3.39. The van der Waals surface area contributed by atoms with Crippen molar-refractivity contribution in [2.75, 3.05) is 6.54 Å². The van der Waals surface area contributed by atoms with Crippen molar-refractivity contribution in [1.29, 1.82) is 0 Å². The predicted octanol–water partition coefficient (Wildman–Crippen LogP) is 2.04. The highest BCUT2D eigenvalue weighted by atomic mass is 16.1. The van der Waals surface area contributed by atoms with Crippen molar-refractivity contribution < 1.29 is 0 Å². The highest BCUT2D eigenvalue weighted by Crippen LogP contribution is 2.17. The third kappa shape index (κ3) is 3.29. The van der Waals surface area contributed by atoms with Crippen LogP contribution in [0.3, 0.4) is 0 Å². The van der Waals surface area contributed by atoms with E-state index in [-0.39, 0.29) is 5.56 Å². The molecule has 20 heavy (non-hydrogen) atoms. The summed E-state index contributed by atoms with van der Waals surface area (Å²) in [4.78, 5) is 12.2. The average molecular weight is 275 g/mol. The van der Waals surface area contributed by atoms with E-state index in [9.17, 15) is 4.79 Å². The van der Waals surface area contributed by atoms with E-state index in [1.807, 2.05) is 6.07 Å². The summed E-state index contributed by atoms with van der Waals surface area (Å²) in [5, 5.41) is 8.17. The van der Waals surface area contributed by atoms with Crippen molar-refractivity contribution in [3.05, 3.63) is 27.7 Å². The molecular weight excluding hydrogens is 250 g/mol. The van der Waals surface area contributed by atoms with Crippen LogP contribution < -0.4 is 10.9 Å². The van der Waals surface area contributed by atoms with Crippen molar-refractivity contribution in [2.45, 2.75) is 70.4 Å². The first-order valence-corrected chi connectivity index (χ1v) is 8.16. The summed E-state index contributed by atoms with van der Waals surface area (Å²) in [5.74, 6) is 0. The molecule has 1 fully saturated rings. The highest BCUT2D eigenvalue weighted by Gasteiger charge is 2.15. The molecule has 0 saturated carbocycles. The van der Waals surface area contributed by atoms with Gasteiger partial charge >= 0.3 is 0 Å². The molecule has 0 bridgehead atoms. The van der Waals surface area contributed by atoms with Gasteiger partial charge in [0.05, 0.1) is 5.69 Å². The van der Waals surface area contributed by atoms with Crippen LogP contribution in [-0.2, 0) is 19.4 Å². The number of fused-ring (bicyclic) bond motifs is 1. The lowest BCUT2D eigenvalue weighted by atomic mass is 10.0. The number of rotatable bonds is 3. The predicted molar refractivity (Wildman–Crippen MR) is 80.0 cm³/mol. The third-order valence-corrected chi connectivity index (χ3v) is 4.63. The molecule has 1 aliphatic heterocycles. The van der Waals surface area contributed by atoms with E-state index >= 15 is 0 Å². The quantitative estimate of drug-likeness (QED) is 0.859. The molecule has 4 heteroatoms. The molecule has 1 aromatic rings. The average Bonchev–Trinajstić information content (AvgIpc) is 2.70. The zero-order valence-corrected chi connectivity index (χ0v) is 12.2. The molecule has 0 amide bonds. The molecule has 0 radical (unpaired) electrons. The van der Waals surface area contributed by atoms with Crippen LogP contribution in [-0.4, -0.2) is 22.4 Å². The van der Waals surface area contributed by atoms with Gasteiger partial charge in [-0.1, -0.05) is 12.8 Å². The molecule has 1 aromatic heterocycles. The van der Waals surface area contributed by atoms with E-state index in [2.05, 4.69) is 10.4 Å². The second kappa shape index (κ2) is 6.53. The number of hydrogen-bond acceptors (Lipinski definition) is 3. The monoisotopic (exact) mass is 275 g/mol. The zero-order valence-electron chi connectivity index (χ0n) is 12.2. The van der Waals surface area contributed by atoms with Crippen LogP contribution in [0.2, 0.25) is 0 Å². The minimum Gasteiger partial charge on any atom is -0.314 e. The fourth-order valence-electron chi connectivity index (χ4n) is 3.39. The lowest BCUT2D eigenvalue weighted by Gasteiger charge is -2.23. The van der Waals surface area contributed by atoms with Gasteiger partial charge < -0.3 is 5.32 Å². The molecular formula is C16H25N3O. The number of nitrogens with zero attached hydrogens (tertiary/aromatic N) is 2. The van der Waals surface area contributed by atoms with Gasteiger partial charge in [0.2, 0.25) is 0 Å². The maximum Gasteiger partial charge on any atom is 0.267 e. The van der Waals surface area contributed by atoms with Gasteiger partial charge in [0.1, 0.15) is 0 Å². The molecule has 0 aromatic carbocycles. The minimum absolute atomic E-state index is 0.0847. The fraction of sp³-hybridized carbons (Fsp3) is 0.750. The Bertz CT molecular complexity index is 503. The molecule has 3 rings (SSSR count). The van der Waals surface area contributed by atoms with Crippen LogP contribution in [0.1, 0.15) is 56.2 Å². The first-order chi connectivity index (χ1) is 9.83. The molecule has 4 nitrogen and oxygen atoms in total. The lowest BCUT2D eigenvalue weighted by Crippen LogP contribution is -2.36. The van der Waals surface area contributed by atoms with E-state index < -0.39 is 0 Å². The van der Waals surface area contributed by atoms with Crippen molar-refractivity contribution in [1.82, 2.24) is 15.1 Å². The van der Waals surface area contributed by atoms with Gasteiger partial charge in [0.25, 0.3) is 5.56 Å². The molecule has 1 atom stereocenters. The van der Waals surface area contributed by atoms with Crippen LogP contribution >= 0.6 is 0 Å². The Balaban J connectivity index is 1.69. The van der Waals surface area contributed by atoms with E-state index in [0.717, 1.165) is 32.4 Å². The lowest BCUT2D eigenvalue weighted by molar-refractivity contribution is 0.356. The van der Waals surface area contributed by atoms with E-state index in [4.69, 9.17) is 0 Å². The van der Waals surface area contributed by atoms with E-state index in [1.165, 1.54) is 49.8 Å². The molecule has 110 valence electrons. The third-order valence-electron chi connectivity index (χ3n) is 4.63. The van der Waals surface area contributed by atoms with Crippen molar-refractivity contribution >= 4 is 0 Å². The van der Waals surface area contributed by atoms with Crippen molar-refractivity contribution in [3.63, 3.8) is 0 Å². The van der Waals surface area contributed by atoms with Gasteiger partial charge in [-0.25, -0.2) is 4.68 Å². The normalized spacial score (nSPS) is 23.1. The second-order valence-electron chi connectivity index (χ2n) is 6.17. The number of aromatic nitrogens is 2. The minimum atomic E-state index is 0.0847. The first-order valence-electron chi connectivity index (χ1n) is 8.16. The number of hydrogen-bond donors (Lipinski definition) is 1. The first kappa shape index (κ1) is 13.8. The number of nitrogens with one attached hydrogen (secondary N) is 1. The highest BCUT2D eigenvalue weighted by molar-refractivity contribution is 5.19. The summed E-state index contributed by atoms with van der Waals surface area (Å²) >= 11 is 0. The number of piperidine rings is 1. The Kier molecular flexibility index (Phi) is 4.51. The molecule has 1 saturated heterocycles. The summed E-state index contributed by atoms with van der Waals surface area (Å²) < 4.78 is 1.69. The standard InChI is InChI=1S/C16H25N3O/c20-16-12-13-6-2-1-3-8-15(13)18-19(16)11-9-14-7-4-5-10-17-14/h12,14,17H,1-11H2. The Morgan fingerprint density at radius 3 is 2.95 bits per heavy atom. The van der Waals surface area contributed by atoms with Gasteiger partial charge in [-0.15, -0.1) is 0 Å². The van der Waals surface area contributed by atoms with Crippen LogP contribution in [0.4, 0.5) is 0 Å². The van der Waals surface area contributed by atoms with Crippen molar-refractivity contribution in [3.8, 4) is 0 Å². The summed E-state index contributed by atoms with van der Waals surface area (Å²) in [6.07, 6.45) is 10.6. The van der Waals surface area contributed by atoms with Gasteiger partial charge in [0, 0.05) is 18.7 Å². The summed E-state index contributed by atoms with van der Waals surface area (Å²) in [5.41, 5.74) is 2.44. The van der Waals surface area contributed by atoms with Gasteiger partial charge in [0.15, 0.2) is 0 Å². The summed E-state index contributed by atoms with van der Waals surface area (Å²) in [6, 6.07) is 2.40. The van der Waals surface area contributed by atoms with Gasteiger partial charge in [-0.05, 0) is 57.1 Å². The Morgan fingerprint density at radius 2 is 2.10 bits per heavy atom. The topological polar surface area (TPSA) is 46.9 Å². The Morgan fingerprint density at radius 1 is 1.20 bits per heavy atom. The zero-order chi connectivity index (χ0) is 13.8. The summed E-state index contributed by atoms with van der Waals surface area (Å²) in [7, 11) is 0. The summed E-state index contributed by atoms with van der Waals surface area (Å²) in [6.45, 7) is 1.88. The molecule has 0 spiro atoms. The Labute approximate surface area is 120 Å². The van der Waals surface area contributed by atoms with Crippen LogP contribution in [0.5, 0.6) is 0 Å². The van der Waals surface area contributed by atoms with Gasteiger partial charge in [-0.2, -0.15) is 5.10 Å². The Hall–Kier alpha value is -1.16. The van der Waals surface area contributed by atoms with Gasteiger partial charge in [-0.3, -0.25) is 4.79 Å².